The lowest BCUT2D eigenvalue weighted by Crippen LogP contribution is -2.12. The Morgan fingerprint density at radius 2 is 1.96 bits per heavy atom. The minimum atomic E-state index is -0.155. The van der Waals surface area contributed by atoms with Crippen LogP contribution in [0.1, 0.15) is 39.7 Å². The molecule has 1 aliphatic rings. The molecule has 0 bridgehead atoms. The molecule has 0 spiro atoms. The van der Waals surface area contributed by atoms with Crippen LogP contribution in [-0.4, -0.2) is 18.0 Å². The van der Waals surface area contributed by atoms with Gasteiger partial charge >= 0.3 is 0 Å². The summed E-state index contributed by atoms with van der Waals surface area (Å²) in [6.07, 6.45) is 2.52. The Bertz CT molecular complexity index is 943. The smallest absolute Gasteiger partial charge is 0.255 e. The van der Waals surface area contributed by atoms with E-state index in [1.165, 1.54) is 17.8 Å². The predicted molar refractivity (Wildman–Crippen MR) is 105 cm³/mol. The number of aromatic nitrogens is 1. The average Bonchev–Trinajstić information content (AvgIpc) is 3.39. The summed E-state index contributed by atoms with van der Waals surface area (Å²) < 4.78 is 5.32. The number of methoxy groups -OCH3 is 1. The maximum atomic E-state index is 12.6. The maximum absolute atomic E-state index is 12.6. The monoisotopic (exact) mass is 364 g/mol. The fourth-order valence-corrected chi connectivity index (χ4v) is 3.84. The first kappa shape index (κ1) is 16.8. The van der Waals surface area contributed by atoms with E-state index >= 15 is 0 Å². The molecule has 1 N–H and O–H groups in total. The van der Waals surface area contributed by atoms with Gasteiger partial charge in [-0.1, -0.05) is 18.2 Å². The van der Waals surface area contributed by atoms with Crippen molar-refractivity contribution in [3.05, 3.63) is 64.0 Å². The quantitative estimate of drug-likeness (QED) is 0.672. The average molecular weight is 364 g/mol. The maximum Gasteiger partial charge on any atom is 0.255 e. The number of rotatable bonds is 5. The second kappa shape index (κ2) is 6.92. The number of thiazole rings is 1. The number of hydrogen-bond donors (Lipinski definition) is 1. The van der Waals surface area contributed by atoms with Gasteiger partial charge < -0.3 is 10.1 Å². The second-order valence-corrected chi connectivity index (χ2v) is 7.47. The van der Waals surface area contributed by atoms with Gasteiger partial charge in [0.15, 0.2) is 0 Å². The lowest BCUT2D eigenvalue weighted by atomic mass is 10.1. The molecular formula is C21H20N2O2S. The fraction of sp³-hybridized carbons (Fsp3) is 0.238. The van der Waals surface area contributed by atoms with Gasteiger partial charge in [0, 0.05) is 22.4 Å². The number of carbonyl (C=O) groups excluding carboxylic acids is 1. The van der Waals surface area contributed by atoms with Gasteiger partial charge in [0.1, 0.15) is 5.75 Å². The predicted octanol–water partition coefficient (Wildman–Crippen LogP) is 5.26. The van der Waals surface area contributed by atoms with Crippen molar-refractivity contribution in [3.63, 3.8) is 0 Å². The van der Waals surface area contributed by atoms with Crippen LogP contribution in [0.3, 0.4) is 0 Å². The number of nitrogens with one attached hydrogen (secondary N) is 1. The van der Waals surface area contributed by atoms with E-state index in [9.17, 15) is 4.79 Å². The molecule has 0 radical (unpaired) electrons. The third-order valence-electron chi connectivity index (χ3n) is 4.49. The molecule has 0 aliphatic heterocycles. The van der Waals surface area contributed by atoms with E-state index in [1.54, 1.807) is 18.4 Å². The molecule has 1 amide bonds. The van der Waals surface area contributed by atoms with Crippen molar-refractivity contribution < 1.29 is 9.53 Å². The second-order valence-electron chi connectivity index (χ2n) is 6.58. The summed E-state index contributed by atoms with van der Waals surface area (Å²) in [6.45, 7) is 1.98. The van der Waals surface area contributed by atoms with Crippen LogP contribution >= 0.6 is 11.3 Å². The number of hydrogen-bond acceptors (Lipinski definition) is 4. The number of benzene rings is 2. The van der Waals surface area contributed by atoms with Crippen LogP contribution in [0.4, 0.5) is 5.69 Å². The Balaban J connectivity index is 1.51. The topological polar surface area (TPSA) is 51.2 Å². The Kier molecular flexibility index (Phi) is 4.47. The molecule has 5 heteroatoms. The molecule has 1 saturated carbocycles. The third kappa shape index (κ3) is 3.48. The molecule has 4 rings (SSSR count). The number of carbonyl (C=O) groups is 1. The lowest BCUT2D eigenvalue weighted by molar-refractivity contribution is 0.102. The summed E-state index contributed by atoms with van der Waals surface area (Å²) >= 11 is 1.73. The lowest BCUT2D eigenvalue weighted by Gasteiger charge is -2.11. The Hall–Kier alpha value is -2.66. The zero-order valence-electron chi connectivity index (χ0n) is 14.8. The Morgan fingerprint density at radius 3 is 2.65 bits per heavy atom. The van der Waals surface area contributed by atoms with E-state index in [4.69, 9.17) is 9.72 Å². The number of anilines is 1. The van der Waals surface area contributed by atoms with Crippen molar-refractivity contribution in [3.8, 4) is 17.0 Å². The van der Waals surface area contributed by atoms with Gasteiger partial charge in [-0.25, -0.2) is 4.98 Å². The van der Waals surface area contributed by atoms with Crippen LogP contribution in [0.5, 0.6) is 5.75 Å². The van der Waals surface area contributed by atoms with Crippen LogP contribution in [0.2, 0.25) is 0 Å². The highest BCUT2D eigenvalue weighted by atomic mass is 32.1. The Morgan fingerprint density at radius 1 is 1.19 bits per heavy atom. The van der Waals surface area contributed by atoms with Gasteiger partial charge in [0.25, 0.3) is 5.91 Å². The molecule has 2 aromatic carbocycles. The van der Waals surface area contributed by atoms with Gasteiger partial charge in [-0.05, 0) is 49.6 Å². The van der Waals surface area contributed by atoms with Crippen molar-refractivity contribution in [1.82, 2.24) is 4.98 Å². The molecule has 0 unspecified atom stereocenters. The van der Waals surface area contributed by atoms with Crippen LogP contribution in [0.25, 0.3) is 11.3 Å². The van der Waals surface area contributed by atoms with Crippen LogP contribution in [0.15, 0.2) is 47.8 Å². The van der Waals surface area contributed by atoms with E-state index < -0.39 is 0 Å². The largest absolute Gasteiger partial charge is 0.495 e. The Labute approximate surface area is 156 Å². The SMILES string of the molecule is COc1ccc(C)cc1NC(=O)c1ccc(-c2csc(C3CC3)n2)cc1. The van der Waals surface area contributed by atoms with E-state index in [-0.39, 0.29) is 5.91 Å². The molecule has 4 nitrogen and oxygen atoms in total. The first-order chi connectivity index (χ1) is 12.6. The number of aryl methyl sites for hydroxylation is 1. The summed E-state index contributed by atoms with van der Waals surface area (Å²) in [5.41, 5.74) is 4.37. The molecule has 0 atom stereocenters. The molecular weight excluding hydrogens is 344 g/mol. The highest BCUT2D eigenvalue weighted by molar-refractivity contribution is 7.10. The first-order valence-corrected chi connectivity index (χ1v) is 9.54. The van der Waals surface area contributed by atoms with Crippen molar-refractivity contribution in [1.29, 1.82) is 0 Å². The summed E-state index contributed by atoms with van der Waals surface area (Å²) in [6, 6.07) is 13.3. The van der Waals surface area contributed by atoms with E-state index in [1.807, 2.05) is 49.4 Å². The number of nitrogens with zero attached hydrogens (tertiary/aromatic N) is 1. The highest BCUT2D eigenvalue weighted by Crippen LogP contribution is 2.42. The normalized spacial score (nSPS) is 13.5. The van der Waals surface area contributed by atoms with Gasteiger partial charge in [-0.3, -0.25) is 4.79 Å². The van der Waals surface area contributed by atoms with Gasteiger partial charge in [-0.15, -0.1) is 11.3 Å². The van der Waals surface area contributed by atoms with Crippen LogP contribution in [-0.2, 0) is 0 Å². The molecule has 1 aliphatic carbocycles. The molecule has 132 valence electrons. The summed E-state index contributed by atoms with van der Waals surface area (Å²) in [7, 11) is 1.60. The van der Waals surface area contributed by atoms with Crippen LogP contribution in [0, 0.1) is 6.92 Å². The minimum absolute atomic E-state index is 0.155. The van der Waals surface area contributed by atoms with Gasteiger partial charge in [0.05, 0.1) is 23.5 Å². The number of ether oxygens (including phenoxy) is 1. The zero-order valence-corrected chi connectivity index (χ0v) is 15.6. The van der Waals surface area contributed by atoms with E-state index in [0.717, 1.165) is 16.8 Å². The molecule has 0 saturated heterocycles. The van der Waals surface area contributed by atoms with E-state index in [2.05, 4.69) is 10.7 Å². The zero-order chi connectivity index (χ0) is 18.1. The van der Waals surface area contributed by atoms with Crippen molar-refractivity contribution in [2.24, 2.45) is 0 Å². The highest BCUT2D eigenvalue weighted by Gasteiger charge is 2.26. The van der Waals surface area contributed by atoms with Crippen molar-refractivity contribution in [2.45, 2.75) is 25.7 Å². The van der Waals surface area contributed by atoms with E-state index in [0.29, 0.717) is 22.9 Å². The molecule has 1 heterocycles. The first-order valence-electron chi connectivity index (χ1n) is 8.66. The molecule has 26 heavy (non-hydrogen) atoms. The van der Waals surface area contributed by atoms with Crippen LogP contribution < -0.4 is 10.1 Å². The minimum Gasteiger partial charge on any atom is -0.495 e. The molecule has 1 fully saturated rings. The van der Waals surface area contributed by atoms with Gasteiger partial charge in [-0.2, -0.15) is 0 Å². The van der Waals surface area contributed by atoms with Gasteiger partial charge in [0.2, 0.25) is 0 Å². The summed E-state index contributed by atoms with van der Waals surface area (Å²) in [5.74, 6) is 1.16. The fourth-order valence-electron chi connectivity index (χ4n) is 2.84. The third-order valence-corrected chi connectivity index (χ3v) is 5.50. The van der Waals surface area contributed by atoms with Crippen molar-refractivity contribution in [2.75, 3.05) is 12.4 Å². The molecule has 1 aromatic heterocycles. The summed E-state index contributed by atoms with van der Waals surface area (Å²) in [5, 5.41) is 6.26. The molecule has 3 aromatic rings. The standard InChI is InChI=1S/C21H20N2O2S/c1-13-3-10-19(25-2)17(11-13)22-20(24)15-6-4-14(5-7-15)18-12-26-21(23-18)16-8-9-16/h3-7,10-12,16H,8-9H2,1-2H3,(H,22,24). The summed E-state index contributed by atoms with van der Waals surface area (Å²) in [4.78, 5) is 17.3. The van der Waals surface area contributed by atoms with Crippen molar-refractivity contribution >= 4 is 22.9 Å². The number of amides is 1.